The van der Waals surface area contributed by atoms with Crippen LogP contribution >= 0.6 is 11.3 Å². The summed E-state index contributed by atoms with van der Waals surface area (Å²) in [5, 5.41) is 2.01. The van der Waals surface area contributed by atoms with Crippen LogP contribution in [0.15, 0.2) is 17.5 Å². The Hall–Kier alpha value is -1.40. The molecule has 2 saturated heterocycles. The van der Waals surface area contributed by atoms with Gasteiger partial charge in [0.05, 0.1) is 32.6 Å². The van der Waals surface area contributed by atoms with Crippen LogP contribution in [0.4, 0.5) is 0 Å². The van der Waals surface area contributed by atoms with E-state index in [1.54, 1.807) is 11.3 Å². The van der Waals surface area contributed by atoms with Crippen molar-refractivity contribution in [3.05, 3.63) is 22.4 Å². The minimum absolute atomic E-state index is 0.215. The zero-order valence-corrected chi connectivity index (χ0v) is 13.7. The number of thiophene rings is 1. The second kappa shape index (κ2) is 7.24. The number of carbonyl (C=O) groups excluding carboxylic acids is 2. The molecule has 1 aromatic rings. The largest absolute Gasteiger partial charge is 0.338 e. The third-order valence-electron chi connectivity index (χ3n) is 4.59. The molecule has 2 aliphatic rings. The highest BCUT2D eigenvalue weighted by Gasteiger charge is 2.27. The molecule has 0 spiro atoms. The van der Waals surface area contributed by atoms with Crippen molar-refractivity contribution in [1.29, 1.82) is 0 Å². The van der Waals surface area contributed by atoms with E-state index in [9.17, 15) is 9.59 Å². The highest BCUT2D eigenvalue weighted by Crippen LogP contribution is 2.10. The van der Waals surface area contributed by atoms with Crippen molar-refractivity contribution >= 4 is 23.2 Å². The maximum absolute atomic E-state index is 12.3. The van der Waals surface area contributed by atoms with Crippen LogP contribution in [0.2, 0.25) is 0 Å². The van der Waals surface area contributed by atoms with Gasteiger partial charge in [0, 0.05) is 18.0 Å². The number of likely N-dealkylation sites (tertiary alicyclic amines) is 1. The van der Waals surface area contributed by atoms with Gasteiger partial charge in [-0.2, -0.15) is 0 Å². The van der Waals surface area contributed by atoms with Crippen molar-refractivity contribution in [1.82, 2.24) is 9.80 Å². The summed E-state index contributed by atoms with van der Waals surface area (Å²) in [6.07, 6.45) is 2.80. The lowest BCUT2D eigenvalue weighted by Crippen LogP contribution is -3.15. The number of hydrogen-bond donors (Lipinski definition) is 1. The average Bonchev–Trinajstić information content (AvgIpc) is 3.21. The van der Waals surface area contributed by atoms with Crippen LogP contribution in [-0.2, 0) is 16.0 Å². The van der Waals surface area contributed by atoms with Gasteiger partial charge in [-0.1, -0.05) is 6.07 Å². The summed E-state index contributed by atoms with van der Waals surface area (Å²) in [6.45, 7) is 5.76. The minimum atomic E-state index is 0.215. The molecule has 5 nitrogen and oxygen atoms in total. The molecule has 0 atom stereocenters. The van der Waals surface area contributed by atoms with Crippen molar-refractivity contribution in [2.45, 2.75) is 19.3 Å². The maximum Gasteiger partial charge on any atom is 0.277 e. The Balaban J connectivity index is 1.42. The second-order valence-corrected chi connectivity index (χ2v) is 7.18. The van der Waals surface area contributed by atoms with Crippen LogP contribution in [0.1, 0.15) is 17.7 Å². The molecule has 0 radical (unpaired) electrons. The zero-order valence-electron chi connectivity index (χ0n) is 12.9. The first-order valence-corrected chi connectivity index (χ1v) is 9.02. The Labute approximate surface area is 135 Å². The van der Waals surface area contributed by atoms with Crippen LogP contribution < -0.4 is 4.90 Å². The number of hydrogen-bond acceptors (Lipinski definition) is 3. The van der Waals surface area contributed by atoms with Crippen LogP contribution in [0.3, 0.4) is 0 Å². The highest BCUT2D eigenvalue weighted by molar-refractivity contribution is 7.10. The molecule has 2 fully saturated rings. The summed E-state index contributed by atoms with van der Waals surface area (Å²) in [7, 11) is 0. The summed E-state index contributed by atoms with van der Waals surface area (Å²) in [4.78, 5) is 30.8. The van der Waals surface area contributed by atoms with E-state index >= 15 is 0 Å². The van der Waals surface area contributed by atoms with Gasteiger partial charge in [-0.3, -0.25) is 9.59 Å². The average molecular weight is 322 g/mol. The van der Waals surface area contributed by atoms with Crippen molar-refractivity contribution in [2.75, 3.05) is 45.8 Å². The molecule has 0 saturated carbocycles. The lowest BCUT2D eigenvalue weighted by atomic mass is 10.2. The lowest BCUT2D eigenvalue weighted by molar-refractivity contribution is -0.896. The van der Waals surface area contributed by atoms with Gasteiger partial charge in [-0.25, -0.2) is 0 Å². The van der Waals surface area contributed by atoms with Gasteiger partial charge in [0.15, 0.2) is 6.54 Å². The standard InChI is InChI=1S/C16H23N3O2S/c20-15(12-14-4-3-11-22-14)19-9-7-17(8-10-19)13-16(21)18-5-1-2-6-18/h3-4,11H,1-2,5-10,12-13H2/p+1. The Morgan fingerprint density at radius 2 is 1.73 bits per heavy atom. The van der Waals surface area contributed by atoms with Gasteiger partial charge in [0.2, 0.25) is 5.91 Å². The topological polar surface area (TPSA) is 45.1 Å². The van der Waals surface area contributed by atoms with Crippen molar-refractivity contribution in [2.24, 2.45) is 0 Å². The maximum atomic E-state index is 12.3. The van der Waals surface area contributed by atoms with E-state index in [1.165, 1.54) is 4.90 Å². The molecule has 120 valence electrons. The number of nitrogens with one attached hydrogen (secondary N) is 1. The number of piperazine rings is 1. The molecule has 2 aliphatic heterocycles. The van der Waals surface area contributed by atoms with Gasteiger partial charge in [0.1, 0.15) is 0 Å². The van der Waals surface area contributed by atoms with E-state index in [4.69, 9.17) is 0 Å². The molecule has 3 rings (SSSR count). The summed E-state index contributed by atoms with van der Waals surface area (Å²) in [5.74, 6) is 0.498. The Bertz CT molecular complexity index is 503. The monoisotopic (exact) mass is 322 g/mol. The van der Waals surface area contributed by atoms with Gasteiger partial charge in [0.25, 0.3) is 5.91 Å². The quantitative estimate of drug-likeness (QED) is 0.823. The normalized spacial score (nSPS) is 19.6. The second-order valence-electron chi connectivity index (χ2n) is 6.15. The third-order valence-corrected chi connectivity index (χ3v) is 5.47. The van der Waals surface area contributed by atoms with Crippen molar-refractivity contribution < 1.29 is 14.5 Å². The van der Waals surface area contributed by atoms with Crippen molar-refractivity contribution in [3.8, 4) is 0 Å². The van der Waals surface area contributed by atoms with Crippen LogP contribution in [0.25, 0.3) is 0 Å². The van der Waals surface area contributed by atoms with E-state index in [2.05, 4.69) is 0 Å². The SMILES string of the molecule is O=C(Cc1cccs1)N1CC[NH+](CC(=O)N2CCCC2)CC1. The van der Waals surface area contributed by atoms with Gasteiger partial charge < -0.3 is 14.7 Å². The molecule has 2 amide bonds. The molecule has 0 aromatic carbocycles. The fourth-order valence-electron chi connectivity index (χ4n) is 3.22. The number of rotatable bonds is 4. The number of carbonyl (C=O) groups is 2. The molecule has 0 aliphatic carbocycles. The van der Waals surface area contributed by atoms with Crippen LogP contribution in [-0.4, -0.2) is 67.4 Å². The first-order chi connectivity index (χ1) is 10.7. The number of amides is 2. The fraction of sp³-hybridized carbons (Fsp3) is 0.625. The number of nitrogens with zero attached hydrogens (tertiary/aromatic N) is 2. The first kappa shape index (κ1) is 15.5. The fourth-order valence-corrected chi connectivity index (χ4v) is 3.91. The van der Waals surface area contributed by atoms with Gasteiger partial charge in [-0.05, 0) is 24.3 Å². The summed E-state index contributed by atoms with van der Waals surface area (Å²) in [6, 6.07) is 4.00. The predicted molar refractivity (Wildman–Crippen MR) is 86.0 cm³/mol. The zero-order chi connectivity index (χ0) is 15.4. The molecular weight excluding hydrogens is 298 g/mol. The molecular formula is C16H24N3O2S+. The van der Waals surface area contributed by atoms with E-state index in [1.807, 2.05) is 27.3 Å². The molecule has 0 bridgehead atoms. The molecule has 6 heteroatoms. The van der Waals surface area contributed by atoms with E-state index in [-0.39, 0.29) is 11.8 Å². The van der Waals surface area contributed by atoms with Crippen molar-refractivity contribution in [3.63, 3.8) is 0 Å². The molecule has 1 aromatic heterocycles. The molecule has 22 heavy (non-hydrogen) atoms. The molecule has 1 N–H and O–H groups in total. The highest BCUT2D eigenvalue weighted by atomic mass is 32.1. The molecule has 0 unspecified atom stereocenters. The first-order valence-electron chi connectivity index (χ1n) is 8.14. The van der Waals surface area contributed by atoms with E-state index in [0.29, 0.717) is 13.0 Å². The third kappa shape index (κ3) is 3.87. The Morgan fingerprint density at radius 1 is 1.05 bits per heavy atom. The number of quaternary nitrogens is 1. The van der Waals surface area contributed by atoms with E-state index in [0.717, 1.165) is 57.0 Å². The summed E-state index contributed by atoms with van der Waals surface area (Å²) >= 11 is 1.64. The van der Waals surface area contributed by atoms with Gasteiger partial charge in [-0.15, -0.1) is 11.3 Å². The minimum Gasteiger partial charge on any atom is -0.338 e. The summed E-state index contributed by atoms with van der Waals surface area (Å²) < 4.78 is 0. The van der Waals surface area contributed by atoms with Crippen LogP contribution in [0, 0.1) is 0 Å². The smallest absolute Gasteiger partial charge is 0.277 e. The van der Waals surface area contributed by atoms with E-state index < -0.39 is 0 Å². The Morgan fingerprint density at radius 3 is 2.36 bits per heavy atom. The Kier molecular flexibility index (Phi) is 5.10. The van der Waals surface area contributed by atoms with Crippen LogP contribution in [0.5, 0.6) is 0 Å². The lowest BCUT2D eigenvalue weighted by Gasteiger charge is -2.32. The van der Waals surface area contributed by atoms with Gasteiger partial charge >= 0.3 is 0 Å². The summed E-state index contributed by atoms with van der Waals surface area (Å²) in [5.41, 5.74) is 0. The molecule has 3 heterocycles. The predicted octanol–water partition coefficient (Wildman–Crippen LogP) is -0.360.